The molecular formula is C15H15Br2NO. The molecular weight excluding hydrogens is 370 g/mol. The summed E-state index contributed by atoms with van der Waals surface area (Å²) in [7, 11) is 1.65. The van der Waals surface area contributed by atoms with E-state index in [9.17, 15) is 0 Å². The Morgan fingerprint density at radius 3 is 2.21 bits per heavy atom. The van der Waals surface area contributed by atoms with Crippen LogP contribution in [0, 0.1) is 6.92 Å². The average molecular weight is 385 g/mol. The molecule has 0 aliphatic rings. The smallest absolute Gasteiger partial charge is 0.133 e. The molecule has 1 unspecified atom stereocenters. The van der Waals surface area contributed by atoms with Crippen LogP contribution < -0.4 is 10.5 Å². The Hall–Kier alpha value is -0.840. The third-order valence-electron chi connectivity index (χ3n) is 3.08. The van der Waals surface area contributed by atoms with E-state index in [0.29, 0.717) is 0 Å². The van der Waals surface area contributed by atoms with Gasteiger partial charge in [-0.1, -0.05) is 34.1 Å². The van der Waals surface area contributed by atoms with Crippen molar-refractivity contribution < 1.29 is 4.74 Å². The van der Waals surface area contributed by atoms with Crippen LogP contribution in [-0.2, 0) is 0 Å². The topological polar surface area (TPSA) is 35.2 Å². The van der Waals surface area contributed by atoms with Crippen molar-refractivity contribution in [2.24, 2.45) is 5.73 Å². The first-order chi connectivity index (χ1) is 9.02. The number of hydrogen-bond donors (Lipinski definition) is 1. The maximum atomic E-state index is 6.32. The van der Waals surface area contributed by atoms with Crippen LogP contribution in [0.25, 0.3) is 0 Å². The summed E-state index contributed by atoms with van der Waals surface area (Å²) in [5.41, 5.74) is 9.65. The summed E-state index contributed by atoms with van der Waals surface area (Å²) in [5.74, 6) is 0.808. The lowest BCUT2D eigenvalue weighted by atomic mass is 9.98. The minimum absolute atomic E-state index is 0.144. The molecule has 0 saturated heterocycles. The first-order valence-corrected chi connectivity index (χ1v) is 7.46. The highest BCUT2D eigenvalue weighted by Crippen LogP contribution is 2.30. The van der Waals surface area contributed by atoms with Crippen LogP contribution >= 0.6 is 31.9 Å². The fourth-order valence-corrected chi connectivity index (χ4v) is 2.73. The Labute approximate surface area is 130 Å². The predicted octanol–water partition coefficient (Wildman–Crippen LogP) is 4.58. The summed E-state index contributed by atoms with van der Waals surface area (Å²) in [6, 6.07) is 11.9. The Morgan fingerprint density at radius 2 is 1.63 bits per heavy atom. The second-order valence-electron chi connectivity index (χ2n) is 4.38. The maximum absolute atomic E-state index is 6.32. The second-order valence-corrected chi connectivity index (χ2v) is 6.09. The Kier molecular flexibility index (Phi) is 4.66. The summed E-state index contributed by atoms with van der Waals surface area (Å²) in [5, 5.41) is 0. The monoisotopic (exact) mass is 383 g/mol. The molecule has 0 spiro atoms. The van der Waals surface area contributed by atoms with Gasteiger partial charge in [-0.15, -0.1) is 0 Å². The molecule has 0 aromatic heterocycles. The van der Waals surface area contributed by atoms with E-state index in [-0.39, 0.29) is 6.04 Å². The number of nitrogens with two attached hydrogens (primary N) is 1. The number of hydrogen-bond acceptors (Lipinski definition) is 2. The minimum atomic E-state index is -0.144. The van der Waals surface area contributed by atoms with Crippen LogP contribution in [0.2, 0.25) is 0 Å². The maximum Gasteiger partial charge on any atom is 0.133 e. The van der Waals surface area contributed by atoms with Crippen LogP contribution in [0.5, 0.6) is 5.75 Å². The third kappa shape index (κ3) is 3.19. The van der Waals surface area contributed by atoms with Gasteiger partial charge in [0.15, 0.2) is 0 Å². The highest BCUT2D eigenvalue weighted by molar-refractivity contribution is 9.10. The van der Waals surface area contributed by atoms with Gasteiger partial charge >= 0.3 is 0 Å². The van der Waals surface area contributed by atoms with Gasteiger partial charge in [0.05, 0.1) is 17.6 Å². The minimum Gasteiger partial charge on any atom is -0.496 e. The van der Waals surface area contributed by atoms with Crippen molar-refractivity contribution in [2.75, 3.05) is 7.11 Å². The first-order valence-electron chi connectivity index (χ1n) is 5.88. The van der Waals surface area contributed by atoms with Crippen molar-refractivity contribution in [1.29, 1.82) is 0 Å². The number of methoxy groups -OCH3 is 1. The van der Waals surface area contributed by atoms with E-state index < -0.39 is 0 Å². The third-order valence-corrected chi connectivity index (χ3v) is 4.59. The van der Waals surface area contributed by atoms with Gasteiger partial charge in [-0.2, -0.15) is 0 Å². The largest absolute Gasteiger partial charge is 0.496 e. The number of rotatable bonds is 3. The van der Waals surface area contributed by atoms with Gasteiger partial charge in [-0.3, -0.25) is 0 Å². The van der Waals surface area contributed by atoms with Gasteiger partial charge in [0, 0.05) is 4.47 Å². The van der Waals surface area contributed by atoms with E-state index in [1.54, 1.807) is 7.11 Å². The van der Waals surface area contributed by atoms with Crippen molar-refractivity contribution in [3.63, 3.8) is 0 Å². The lowest BCUT2D eigenvalue weighted by Gasteiger charge is -2.15. The fraction of sp³-hybridized carbons (Fsp3) is 0.200. The number of benzene rings is 2. The van der Waals surface area contributed by atoms with Crippen LogP contribution in [0.3, 0.4) is 0 Å². The number of halogens is 2. The molecule has 0 saturated carbocycles. The molecule has 2 aromatic rings. The van der Waals surface area contributed by atoms with Gasteiger partial charge in [-0.05, 0) is 57.7 Å². The molecule has 1 atom stereocenters. The van der Waals surface area contributed by atoms with E-state index in [1.165, 1.54) is 5.56 Å². The number of aryl methyl sites for hydroxylation is 1. The molecule has 2 rings (SSSR count). The Morgan fingerprint density at radius 1 is 1.00 bits per heavy atom. The van der Waals surface area contributed by atoms with Crippen molar-refractivity contribution in [2.45, 2.75) is 13.0 Å². The molecule has 0 aliphatic heterocycles. The van der Waals surface area contributed by atoms with Crippen molar-refractivity contribution in [3.8, 4) is 5.75 Å². The molecule has 2 nitrogen and oxygen atoms in total. The average Bonchev–Trinajstić information content (AvgIpc) is 2.41. The molecule has 100 valence electrons. The summed E-state index contributed by atoms with van der Waals surface area (Å²) >= 11 is 6.99. The van der Waals surface area contributed by atoms with E-state index in [2.05, 4.69) is 44.8 Å². The number of ether oxygens (including phenoxy) is 1. The molecule has 0 radical (unpaired) electrons. The van der Waals surface area contributed by atoms with E-state index in [1.807, 2.05) is 30.3 Å². The predicted molar refractivity (Wildman–Crippen MR) is 85.6 cm³/mol. The van der Waals surface area contributed by atoms with E-state index >= 15 is 0 Å². The highest BCUT2D eigenvalue weighted by Gasteiger charge is 2.12. The van der Waals surface area contributed by atoms with Crippen LogP contribution in [0.1, 0.15) is 22.7 Å². The molecule has 2 N–H and O–H groups in total. The van der Waals surface area contributed by atoms with Gasteiger partial charge in [0.2, 0.25) is 0 Å². The van der Waals surface area contributed by atoms with Gasteiger partial charge in [-0.25, -0.2) is 0 Å². The SMILES string of the molecule is COc1ccc(C(N)c2ccc(Br)c(C)c2)cc1Br. The summed E-state index contributed by atoms with van der Waals surface area (Å²) in [6.07, 6.45) is 0. The summed E-state index contributed by atoms with van der Waals surface area (Å²) in [6.45, 7) is 2.06. The first kappa shape index (κ1) is 14.6. The van der Waals surface area contributed by atoms with Gasteiger partial charge in [0.25, 0.3) is 0 Å². The van der Waals surface area contributed by atoms with Crippen LogP contribution in [0.15, 0.2) is 45.3 Å². The standard InChI is InChI=1S/C15H15Br2NO/c1-9-7-10(3-5-12(9)16)15(18)11-4-6-14(19-2)13(17)8-11/h3-8,15H,18H2,1-2H3. The molecule has 4 heteroatoms. The van der Waals surface area contributed by atoms with Crippen molar-refractivity contribution in [3.05, 3.63) is 62.0 Å². The zero-order chi connectivity index (χ0) is 14.0. The normalized spacial score (nSPS) is 12.3. The van der Waals surface area contributed by atoms with E-state index in [0.717, 1.165) is 25.8 Å². The van der Waals surface area contributed by atoms with Gasteiger partial charge in [0.1, 0.15) is 5.75 Å². The quantitative estimate of drug-likeness (QED) is 0.840. The lowest BCUT2D eigenvalue weighted by molar-refractivity contribution is 0.412. The molecule has 0 amide bonds. The molecule has 0 heterocycles. The molecule has 0 fully saturated rings. The second kappa shape index (κ2) is 6.07. The highest BCUT2D eigenvalue weighted by atomic mass is 79.9. The molecule has 0 bridgehead atoms. The summed E-state index contributed by atoms with van der Waals surface area (Å²) < 4.78 is 7.24. The van der Waals surface area contributed by atoms with Gasteiger partial charge < -0.3 is 10.5 Å². The molecule has 19 heavy (non-hydrogen) atoms. The zero-order valence-corrected chi connectivity index (χ0v) is 14.0. The lowest BCUT2D eigenvalue weighted by Crippen LogP contribution is -2.12. The van der Waals surface area contributed by atoms with Crippen molar-refractivity contribution >= 4 is 31.9 Å². The Balaban J connectivity index is 2.35. The van der Waals surface area contributed by atoms with E-state index in [4.69, 9.17) is 10.5 Å². The fourth-order valence-electron chi connectivity index (χ4n) is 1.93. The van der Waals surface area contributed by atoms with Crippen LogP contribution in [-0.4, -0.2) is 7.11 Å². The van der Waals surface area contributed by atoms with Crippen molar-refractivity contribution in [1.82, 2.24) is 0 Å². The molecule has 0 aliphatic carbocycles. The Bertz CT molecular complexity index is 599. The van der Waals surface area contributed by atoms with Crippen LogP contribution in [0.4, 0.5) is 0 Å². The summed E-state index contributed by atoms with van der Waals surface area (Å²) in [4.78, 5) is 0. The molecule has 2 aromatic carbocycles. The zero-order valence-electron chi connectivity index (χ0n) is 10.8.